The largest absolute Gasteiger partial charge is 0.476 e. The number of nitrogens with zero attached hydrogens (tertiary/aromatic N) is 3. The Balaban J connectivity index is 1.31. The van der Waals surface area contributed by atoms with Crippen LogP contribution in [0.2, 0.25) is 0 Å². The predicted molar refractivity (Wildman–Crippen MR) is 136 cm³/mol. The zero-order valence-corrected chi connectivity index (χ0v) is 20.5. The van der Waals surface area contributed by atoms with Crippen molar-refractivity contribution < 1.29 is 17.9 Å². The van der Waals surface area contributed by atoms with Crippen LogP contribution in [0.3, 0.4) is 0 Å². The standard InChI is InChI=1S/C27H29N3O4S/c1-35(32,33)30-20-25(34-24-15-9-8-14-23(24)30)27(31)29-18-16-28(17-19-29)26(21-10-4-2-5-11-21)22-12-6-3-7-13-22/h2-15,25-26H,16-20H2,1H3. The molecule has 182 valence electrons. The Hall–Kier alpha value is -3.36. The Labute approximate surface area is 206 Å². The van der Waals surface area contributed by atoms with Crippen molar-refractivity contribution in [1.82, 2.24) is 9.80 Å². The Morgan fingerprint density at radius 3 is 1.94 bits per heavy atom. The van der Waals surface area contributed by atoms with Crippen LogP contribution >= 0.6 is 0 Å². The van der Waals surface area contributed by atoms with Crippen molar-refractivity contribution in [2.45, 2.75) is 12.1 Å². The summed E-state index contributed by atoms with van der Waals surface area (Å²) >= 11 is 0. The fraction of sp³-hybridized carbons (Fsp3) is 0.296. The van der Waals surface area contributed by atoms with Gasteiger partial charge < -0.3 is 9.64 Å². The quantitative estimate of drug-likeness (QED) is 0.549. The van der Waals surface area contributed by atoms with Crippen molar-refractivity contribution in [2.24, 2.45) is 0 Å². The molecule has 1 unspecified atom stereocenters. The summed E-state index contributed by atoms with van der Waals surface area (Å²) in [5, 5.41) is 0. The number of hydrogen-bond acceptors (Lipinski definition) is 5. The summed E-state index contributed by atoms with van der Waals surface area (Å²) in [6, 6.07) is 27.9. The summed E-state index contributed by atoms with van der Waals surface area (Å²) in [7, 11) is -3.54. The van der Waals surface area contributed by atoms with Gasteiger partial charge in [0.25, 0.3) is 5.91 Å². The van der Waals surface area contributed by atoms with E-state index in [9.17, 15) is 13.2 Å². The molecule has 35 heavy (non-hydrogen) atoms. The summed E-state index contributed by atoms with van der Waals surface area (Å²) in [6.07, 6.45) is 0.285. The molecule has 0 radical (unpaired) electrons. The van der Waals surface area contributed by atoms with E-state index in [4.69, 9.17) is 4.74 Å². The van der Waals surface area contributed by atoms with E-state index in [0.717, 1.165) is 6.26 Å². The van der Waals surface area contributed by atoms with Crippen LogP contribution in [0, 0.1) is 0 Å². The highest BCUT2D eigenvalue weighted by Crippen LogP contribution is 2.35. The molecule has 0 N–H and O–H groups in total. The number of carbonyl (C=O) groups excluding carboxylic acids is 1. The first-order valence-electron chi connectivity index (χ1n) is 11.8. The topological polar surface area (TPSA) is 70.2 Å². The molecule has 0 bridgehead atoms. The van der Waals surface area contributed by atoms with Gasteiger partial charge in [-0.25, -0.2) is 8.42 Å². The fourth-order valence-corrected chi connectivity index (χ4v) is 5.85. The van der Waals surface area contributed by atoms with Crippen LogP contribution in [0.15, 0.2) is 84.9 Å². The smallest absolute Gasteiger partial charge is 0.265 e. The van der Waals surface area contributed by atoms with E-state index >= 15 is 0 Å². The number of ether oxygens (including phenoxy) is 1. The SMILES string of the molecule is CS(=O)(=O)N1CC(C(=O)N2CCN(C(c3ccccc3)c3ccccc3)CC2)Oc2ccccc21. The van der Waals surface area contributed by atoms with E-state index < -0.39 is 16.1 Å². The molecule has 8 heteroatoms. The van der Waals surface area contributed by atoms with Gasteiger partial charge in [-0.1, -0.05) is 72.8 Å². The number of sulfonamides is 1. The first-order chi connectivity index (χ1) is 16.9. The van der Waals surface area contributed by atoms with E-state index in [1.54, 1.807) is 29.2 Å². The maximum absolute atomic E-state index is 13.4. The van der Waals surface area contributed by atoms with E-state index in [1.807, 2.05) is 12.1 Å². The zero-order valence-electron chi connectivity index (χ0n) is 19.7. The average molecular weight is 492 g/mol. The lowest BCUT2D eigenvalue weighted by Gasteiger charge is -2.42. The lowest BCUT2D eigenvalue weighted by Crippen LogP contribution is -2.56. The van der Waals surface area contributed by atoms with Gasteiger partial charge >= 0.3 is 0 Å². The minimum absolute atomic E-state index is 0.0223. The number of rotatable bonds is 5. The maximum Gasteiger partial charge on any atom is 0.265 e. The second kappa shape index (κ2) is 9.71. The summed E-state index contributed by atoms with van der Waals surface area (Å²) in [5.74, 6) is 0.234. The van der Waals surface area contributed by atoms with Crippen molar-refractivity contribution >= 4 is 21.6 Å². The van der Waals surface area contributed by atoms with Crippen LogP contribution in [0.1, 0.15) is 17.2 Å². The normalized spacial score (nSPS) is 18.7. The first kappa shape index (κ1) is 23.4. The highest BCUT2D eigenvalue weighted by atomic mass is 32.2. The molecule has 0 saturated carbocycles. The molecule has 5 rings (SSSR count). The fourth-order valence-electron chi connectivity index (χ4n) is 4.93. The molecule has 0 aromatic heterocycles. The Morgan fingerprint density at radius 1 is 0.829 bits per heavy atom. The molecule has 3 aromatic carbocycles. The molecule has 7 nitrogen and oxygen atoms in total. The molecule has 0 aliphatic carbocycles. The van der Waals surface area contributed by atoms with Gasteiger partial charge in [0.15, 0.2) is 6.10 Å². The number of anilines is 1. The van der Waals surface area contributed by atoms with Gasteiger partial charge in [0.05, 0.1) is 24.5 Å². The third kappa shape index (κ3) is 4.90. The molecule has 1 saturated heterocycles. The van der Waals surface area contributed by atoms with Crippen LogP contribution in [0.4, 0.5) is 5.69 Å². The predicted octanol–water partition coefficient (Wildman–Crippen LogP) is 3.15. The van der Waals surface area contributed by atoms with Gasteiger partial charge in [-0.15, -0.1) is 0 Å². The minimum atomic E-state index is -3.54. The van der Waals surface area contributed by atoms with Crippen molar-refractivity contribution in [2.75, 3.05) is 43.3 Å². The van der Waals surface area contributed by atoms with E-state index in [2.05, 4.69) is 53.4 Å². The molecule has 1 amide bonds. The molecule has 2 aliphatic rings. The second-order valence-electron chi connectivity index (χ2n) is 8.95. The number of carbonyl (C=O) groups is 1. The molecule has 1 fully saturated rings. The first-order valence-corrected chi connectivity index (χ1v) is 13.6. The number of para-hydroxylation sites is 2. The van der Waals surface area contributed by atoms with Gasteiger partial charge in [0, 0.05) is 26.2 Å². The van der Waals surface area contributed by atoms with Crippen molar-refractivity contribution in [1.29, 1.82) is 0 Å². The monoisotopic (exact) mass is 491 g/mol. The van der Waals surface area contributed by atoms with E-state index in [-0.39, 0.29) is 18.5 Å². The third-order valence-electron chi connectivity index (χ3n) is 6.63. The number of amides is 1. The Morgan fingerprint density at radius 2 is 1.37 bits per heavy atom. The average Bonchev–Trinajstić information content (AvgIpc) is 2.89. The molecular formula is C27H29N3O4S. The highest BCUT2D eigenvalue weighted by Gasteiger charge is 2.38. The van der Waals surface area contributed by atoms with Crippen LogP contribution in [0.25, 0.3) is 0 Å². The summed E-state index contributed by atoms with van der Waals surface area (Å²) in [5.41, 5.74) is 2.90. The van der Waals surface area contributed by atoms with Crippen LogP contribution < -0.4 is 9.04 Å². The molecule has 1 atom stereocenters. The van der Waals surface area contributed by atoms with Crippen molar-refractivity contribution in [3.8, 4) is 5.75 Å². The summed E-state index contributed by atoms with van der Waals surface area (Å²) in [4.78, 5) is 17.6. The third-order valence-corrected chi connectivity index (χ3v) is 7.78. The Kier molecular flexibility index (Phi) is 6.49. The highest BCUT2D eigenvalue weighted by molar-refractivity contribution is 7.92. The second-order valence-corrected chi connectivity index (χ2v) is 10.9. The van der Waals surface area contributed by atoms with E-state index in [0.29, 0.717) is 37.6 Å². The van der Waals surface area contributed by atoms with Gasteiger partial charge in [-0.2, -0.15) is 0 Å². The van der Waals surface area contributed by atoms with Crippen molar-refractivity contribution in [3.05, 3.63) is 96.1 Å². The van der Waals surface area contributed by atoms with Crippen LogP contribution in [-0.2, 0) is 14.8 Å². The lowest BCUT2D eigenvalue weighted by atomic mass is 9.96. The maximum atomic E-state index is 13.4. The lowest BCUT2D eigenvalue weighted by molar-refractivity contribution is -0.140. The van der Waals surface area contributed by atoms with Gasteiger partial charge in [-0.3, -0.25) is 14.0 Å². The number of piperazine rings is 1. The van der Waals surface area contributed by atoms with Gasteiger partial charge in [0.1, 0.15) is 5.75 Å². The molecule has 3 aromatic rings. The van der Waals surface area contributed by atoms with Gasteiger partial charge in [-0.05, 0) is 23.3 Å². The molecular weight excluding hydrogens is 462 g/mol. The minimum Gasteiger partial charge on any atom is -0.476 e. The van der Waals surface area contributed by atoms with E-state index in [1.165, 1.54) is 15.4 Å². The van der Waals surface area contributed by atoms with Crippen molar-refractivity contribution in [3.63, 3.8) is 0 Å². The molecule has 2 heterocycles. The summed E-state index contributed by atoms with van der Waals surface area (Å²) in [6.45, 7) is 2.49. The molecule has 2 aliphatic heterocycles. The van der Waals surface area contributed by atoms with Crippen LogP contribution in [-0.4, -0.2) is 69.2 Å². The van der Waals surface area contributed by atoms with Crippen LogP contribution in [0.5, 0.6) is 5.75 Å². The zero-order chi connectivity index (χ0) is 24.4. The number of benzene rings is 3. The molecule has 0 spiro atoms. The summed E-state index contributed by atoms with van der Waals surface area (Å²) < 4.78 is 32.1. The van der Waals surface area contributed by atoms with Gasteiger partial charge in [0.2, 0.25) is 10.0 Å². The number of fused-ring (bicyclic) bond motifs is 1. The Bertz CT molecular complexity index is 1240. The number of hydrogen-bond donors (Lipinski definition) is 0.